The van der Waals surface area contributed by atoms with Gasteiger partial charge in [-0.05, 0) is 30.8 Å². The molecule has 0 saturated heterocycles. The minimum absolute atomic E-state index is 0.998. The fourth-order valence-corrected chi connectivity index (χ4v) is 4.50. The van der Waals surface area contributed by atoms with E-state index < -0.39 is 0 Å². The Labute approximate surface area is 179 Å². The zero-order chi connectivity index (χ0) is 20.7. The SMILES string of the molecule is C=C=CCCCCCCCCCCCC(CC)CCCC(CC)CCCCC. The quantitative estimate of drug-likeness (QED) is 0.127. The molecule has 0 fully saturated rings. The lowest BCUT2D eigenvalue weighted by Gasteiger charge is -2.18. The number of unbranched alkanes of at least 4 members (excludes halogenated alkanes) is 11. The van der Waals surface area contributed by atoms with Crippen LogP contribution in [0.5, 0.6) is 0 Å². The smallest absolute Gasteiger partial charge is 0.0275 e. The highest BCUT2D eigenvalue weighted by Gasteiger charge is 2.10. The van der Waals surface area contributed by atoms with Gasteiger partial charge in [0.1, 0.15) is 0 Å². The van der Waals surface area contributed by atoms with Crippen molar-refractivity contribution in [1.29, 1.82) is 0 Å². The topological polar surface area (TPSA) is 0 Å². The van der Waals surface area contributed by atoms with Gasteiger partial charge in [-0.3, -0.25) is 0 Å². The van der Waals surface area contributed by atoms with Gasteiger partial charge in [0.15, 0.2) is 0 Å². The molecule has 0 aliphatic rings. The van der Waals surface area contributed by atoms with Gasteiger partial charge in [-0.2, -0.15) is 0 Å². The minimum atomic E-state index is 0.998. The largest absolute Gasteiger partial charge is 0.133 e. The predicted molar refractivity (Wildman–Crippen MR) is 130 cm³/mol. The van der Waals surface area contributed by atoms with Crippen molar-refractivity contribution in [2.75, 3.05) is 0 Å². The molecule has 2 atom stereocenters. The lowest BCUT2D eigenvalue weighted by atomic mass is 9.88. The van der Waals surface area contributed by atoms with Crippen LogP contribution in [0.15, 0.2) is 18.4 Å². The normalized spacial score (nSPS) is 13.2. The molecule has 166 valence electrons. The first-order chi connectivity index (χ1) is 13.8. The Kier molecular flexibility index (Phi) is 22.4. The van der Waals surface area contributed by atoms with Gasteiger partial charge in [0.05, 0.1) is 0 Å². The van der Waals surface area contributed by atoms with Gasteiger partial charge in [-0.25, -0.2) is 0 Å². The first-order valence-corrected chi connectivity index (χ1v) is 13.1. The fourth-order valence-electron chi connectivity index (χ4n) is 4.50. The van der Waals surface area contributed by atoms with Crippen LogP contribution in [0.2, 0.25) is 0 Å². The fraction of sp³-hybridized carbons (Fsp3) is 0.893. The molecule has 0 rings (SSSR count). The Hall–Kier alpha value is -0.480. The molecule has 0 N–H and O–H groups in total. The second kappa shape index (κ2) is 22.8. The summed E-state index contributed by atoms with van der Waals surface area (Å²) < 4.78 is 0. The average Bonchev–Trinajstić information content (AvgIpc) is 2.72. The van der Waals surface area contributed by atoms with Crippen LogP contribution in [-0.4, -0.2) is 0 Å². The third kappa shape index (κ3) is 18.9. The zero-order valence-electron chi connectivity index (χ0n) is 20.1. The Balaban J connectivity index is 3.51. The molecule has 0 spiro atoms. The highest BCUT2D eigenvalue weighted by molar-refractivity contribution is 4.74. The molecule has 0 aliphatic carbocycles. The van der Waals surface area contributed by atoms with Gasteiger partial charge < -0.3 is 0 Å². The number of rotatable bonds is 22. The van der Waals surface area contributed by atoms with Crippen LogP contribution in [0.4, 0.5) is 0 Å². The molecule has 0 radical (unpaired) electrons. The summed E-state index contributed by atoms with van der Waals surface area (Å²) in [6.45, 7) is 10.7. The molecule has 0 aromatic heterocycles. The molecule has 0 nitrogen and oxygen atoms in total. The predicted octanol–water partition coefficient (Wildman–Crippen LogP) is 10.4. The van der Waals surface area contributed by atoms with Crippen molar-refractivity contribution < 1.29 is 0 Å². The Morgan fingerprint density at radius 1 is 0.571 bits per heavy atom. The molecule has 0 saturated carbocycles. The van der Waals surface area contributed by atoms with E-state index in [1.807, 2.05) is 0 Å². The van der Waals surface area contributed by atoms with E-state index in [0.29, 0.717) is 0 Å². The summed E-state index contributed by atoms with van der Waals surface area (Å²) in [4.78, 5) is 0. The van der Waals surface area contributed by atoms with Crippen LogP contribution >= 0.6 is 0 Å². The third-order valence-corrected chi connectivity index (χ3v) is 6.70. The van der Waals surface area contributed by atoms with E-state index in [1.54, 1.807) is 0 Å². The van der Waals surface area contributed by atoms with Crippen LogP contribution in [0.3, 0.4) is 0 Å². The van der Waals surface area contributed by atoms with Gasteiger partial charge in [-0.15, -0.1) is 5.73 Å². The van der Waals surface area contributed by atoms with Gasteiger partial charge in [0.25, 0.3) is 0 Å². The lowest BCUT2D eigenvalue weighted by molar-refractivity contribution is 0.351. The first kappa shape index (κ1) is 27.5. The summed E-state index contributed by atoms with van der Waals surface area (Å²) in [6.07, 6.45) is 30.6. The van der Waals surface area contributed by atoms with Crippen molar-refractivity contribution >= 4 is 0 Å². The maximum absolute atomic E-state index is 3.62. The molecular weight excluding hydrogens is 336 g/mol. The number of hydrogen-bond acceptors (Lipinski definition) is 0. The van der Waals surface area contributed by atoms with Crippen molar-refractivity contribution in [3.63, 3.8) is 0 Å². The summed E-state index contributed by atoms with van der Waals surface area (Å²) in [5.41, 5.74) is 2.86. The Bertz CT molecular complexity index is 336. The van der Waals surface area contributed by atoms with E-state index in [1.165, 1.54) is 128 Å². The molecule has 0 heterocycles. The summed E-state index contributed by atoms with van der Waals surface area (Å²) in [7, 11) is 0. The van der Waals surface area contributed by atoms with Crippen molar-refractivity contribution in [3.8, 4) is 0 Å². The molecule has 0 amide bonds. The van der Waals surface area contributed by atoms with Crippen LogP contribution in [-0.2, 0) is 0 Å². The zero-order valence-corrected chi connectivity index (χ0v) is 20.1. The molecule has 0 bridgehead atoms. The highest BCUT2D eigenvalue weighted by Crippen LogP contribution is 2.25. The molecular formula is C28H54. The van der Waals surface area contributed by atoms with Gasteiger partial charge >= 0.3 is 0 Å². The Morgan fingerprint density at radius 2 is 1.00 bits per heavy atom. The minimum Gasteiger partial charge on any atom is -0.133 e. The standard InChI is InChI=1S/C28H54/c1-5-9-11-12-13-14-15-16-17-18-19-21-24-28(8-4)26-22-25-27(7-3)23-20-10-6-2/h9,27-28H,1,6-8,10-26H2,2-4H3. The van der Waals surface area contributed by atoms with Crippen LogP contribution in [0.1, 0.15) is 149 Å². The maximum atomic E-state index is 3.62. The van der Waals surface area contributed by atoms with Gasteiger partial charge in [-0.1, -0.05) is 143 Å². The molecule has 0 aromatic carbocycles. The highest BCUT2D eigenvalue weighted by atomic mass is 14.2. The van der Waals surface area contributed by atoms with Gasteiger partial charge in [0, 0.05) is 0 Å². The van der Waals surface area contributed by atoms with E-state index in [0.717, 1.165) is 11.8 Å². The van der Waals surface area contributed by atoms with Crippen LogP contribution < -0.4 is 0 Å². The second-order valence-electron chi connectivity index (χ2n) is 9.14. The average molecular weight is 391 g/mol. The maximum Gasteiger partial charge on any atom is -0.0275 e. The van der Waals surface area contributed by atoms with E-state index in [2.05, 4.69) is 39.2 Å². The van der Waals surface area contributed by atoms with Crippen LogP contribution in [0, 0.1) is 11.8 Å². The second-order valence-corrected chi connectivity index (χ2v) is 9.14. The summed E-state index contributed by atoms with van der Waals surface area (Å²) >= 11 is 0. The van der Waals surface area contributed by atoms with E-state index in [9.17, 15) is 0 Å². The van der Waals surface area contributed by atoms with Crippen molar-refractivity contribution in [3.05, 3.63) is 18.4 Å². The molecule has 28 heavy (non-hydrogen) atoms. The summed E-state index contributed by atoms with van der Waals surface area (Å²) in [5.74, 6) is 2.00. The van der Waals surface area contributed by atoms with Crippen molar-refractivity contribution in [1.82, 2.24) is 0 Å². The molecule has 0 aliphatic heterocycles. The third-order valence-electron chi connectivity index (χ3n) is 6.70. The van der Waals surface area contributed by atoms with E-state index in [4.69, 9.17) is 0 Å². The number of allylic oxidation sites excluding steroid dienone is 1. The lowest BCUT2D eigenvalue weighted by Crippen LogP contribution is -2.03. The molecule has 2 unspecified atom stereocenters. The van der Waals surface area contributed by atoms with Crippen molar-refractivity contribution in [2.45, 2.75) is 149 Å². The van der Waals surface area contributed by atoms with Crippen LogP contribution in [0.25, 0.3) is 0 Å². The molecule has 0 heteroatoms. The number of hydrogen-bond donors (Lipinski definition) is 0. The summed E-state index contributed by atoms with van der Waals surface area (Å²) in [5, 5.41) is 0. The van der Waals surface area contributed by atoms with E-state index >= 15 is 0 Å². The van der Waals surface area contributed by atoms with E-state index in [-0.39, 0.29) is 0 Å². The Morgan fingerprint density at radius 3 is 1.46 bits per heavy atom. The first-order valence-electron chi connectivity index (χ1n) is 13.1. The summed E-state index contributed by atoms with van der Waals surface area (Å²) in [6, 6.07) is 0. The van der Waals surface area contributed by atoms with Crippen molar-refractivity contribution in [2.24, 2.45) is 11.8 Å². The van der Waals surface area contributed by atoms with Gasteiger partial charge in [0.2, 0.25) is 0 Å². The monoisotopic (exact) mass is 390 g/mol. The molecule has 0 aromatic rings.